The molecule has 7 nitrogen and oxygen atoms in total. The summed E-state index contributed by atoms with van der Waals surface area (Å²) in [6, 6.07) is 12.5. The van der Waals surface area contributed by atoms with E-state index in [2.05, 4.69) is 15.6 Å². The van der Waals surface area contributed by atoms with Crippen LogP contribution in [0.4, 0.5) is 5.69 Å². The molecule has 0 aliphatic rings. The Labute approximate surface area is 163 Å². The van der Waals surface area contributed by atoms with Gasteiger partial charge in [-0.3, -0.25) is 14.0 Å². The Morgan fingerprint density at radius 2 is 1.71 bits per heavy atom. The van der Waals surface area contributed by atoms with Crippen molar-refractivity contribution in [2.24, 2.45) is 0 Å². The van der Waals surface area contributed by atoms with Crippen molar-refractivity contribution in [3.8, 4) is 5.75 Å². The topological polar surface area (TPSA) is 84.7 Å². The largest absolute Gasteiger partial charge is 0.489 e. The van der Waals surface area contributed by atoms with Crippen LogP contribution in [-0.2, 0) is 0 Å². The lowest BCUT2D eigenvalue weighted by molar-refractivity contribution is 0.0932. The summed E-state index contributed by atoms with van der Waals surface area (Å²) in [7, 11) is 0. The number of benzene rings is 1. The summed E-state index contributed by atoms with van der Waals surface area (Å²) in [6.45, 7) is 7.57. The van der Waals surface area contributed by atoms with Gasteiger partial charge in [0.15, 0.2) is 5.69 Å². The van der Waals surface area contributed by atoms with Crippen LogP contribution in [0.15, 0.2) is 48.7 Å². The van der Waals surface area contributed by atoms with Crippen molar-refractivity contribution in [3.05, 3.63) is 60.2 Å². The summed E-state index contributed by atoms with van der Waals surface area (Å²) in [6.07, 6.45) is 1.68. The maximum atomic E-state index is 12.9. The van der Waals surface area contributed by atoms with Crippen LogP contribution in [0.5, 0.6) is 5.75 Å². The van der Waals surface area contributed by atoms with E-state index in [1.54, 1.807) is 40.9 Å². The minimum Gasteiger partial charge on any atom is -0.489 e. The van der Waals surface area contributed by atoms with Crippen molar-refractivity contribution < 1.29 is 14.3 Å². The van der Waals surface area contributed by atoms with Gasteiger partial charge in [-0.15, -0.1) is 0 Å². The fourth-order valence-electron chi connectivity index (χ4n) is 2.80. The van der Waals surface area contributed by atoms with Crippen LogP contribution in [-0.4, -0.2) is 33.3 Å². The number of nitrogens with one attached hydrogen (secondary N) is 2. The highest BCUT2D eigenvalue weighted by Crippen LogP contribution is 2.26. The standard InChI is InChI=1S/C21H24N4O3/c1-13(2)22-21(27)19-24-18(16-10-7-8-12-25(16)19)20(26)23-15-9-5-6-11-17(15)28-14(3)4/h5-14H,1-4H3,(H,22,27)(H,23,26). The van der Waals surface area contributed by atoms with E-state index in [0.717, 1.165) is 0 Å². The zero-order chi connectivity index (χ0) is 20.3. The number of carbonyl (C=O) groups excluding carboxylic acids is 2. The first kappa shape index (κ1) is 19.4. The van der Waals surface area contributed by atoms with Crippen molar-refractivity contribution in [2.75, 3.05) is 5.32 Å². The van der Waals surface area contributed by atoms with Crippen LogP contribution < -0.4 is 15.4 Å². The molecule has 0 bridgehead atoms. The highest BCUT2D eigenvalue weighted by molar-refractivity contribution is 6.09. The molecule has 2 amide bonds. The maximum Gasteiger partial charge on any atom is 0.287 e. The van der Waals surface area contributed by atoms with Crippen molar-refractivity contribution in [1.29, 1.82) is 0 Å². The average Bonchev–Trinajstić information content (AvgIpc) is 3.02. The molecule has 3 rings (SSSR count). The van der Waals surface area contributed by atoms with Crippen molar-refractivity contribution >= 4 is 23.0 Å². The summed E-state index contributed by atoms with van der Waals surface area (Å²) >= 11 is 0. The molecule has 2 heterocycles. The molecular formula is C21H24N4O3. The molecule has 146 valence electrons. The molecule has 2 aromatic heterocycles. The van der Waals surface area contributed by atoms with E-state index in [9.17, 15) is 9.59 Å². The van der Waals surface area contributed by atoms with Gasteiger partial charge < -0.3 is 15.4 Å². The molecule has 0 atom stereocenters. The quantitative estimate of drug-likeness (QED) is 0.685. The second-order valence-corrected chi connectivity index (χ2v) is 6.98. The predicted octanol–water partition coefficient (Wildman–Crippen LogP) is 3.51. The molecule has 0 aliphatic heterocycles. The average molecular weight is 380 g/mol. The molecule has 7 heteroatoms. The van der Waals surface area contributed by atoms with E-state index >= 15 is 0 Å². The number of aromatic nitrogens is 2. The fourth-order valence-corrected chi connectivity index (χ4v) is 2.80. The van der Waals surface area contributed by atoms with Gasteiger partial charge >= 0.3 is 0 Å². The molecule has 2 N–H and O–H groups in total. The van der Waals surface area contributed by atoms with Crippen molar-refractivity contribution in [3.63, 3.8) is 0 Å². The van der Waals surface area contributed by atoms with Crippen LogP contribution in [0.1, 0.15) is 48.8 Å². The van der Waals surface area contributed by atoms with Gasteiger partial charge in [-0.25, -0.2) is 4.98 Å². The number of nitrogens with zero attached hydrogens (tertiary/aromatic N) is 2. The minimum absolute atomic E-state index is 0.0298. The van der Waals surface area contributed by atoms with Crippen LogP contribution in [0.25, 0.3) is 5.52 Å². The Bertz CT molecular complexity index is 1010. The monoisotopic (exact) mass is 380 g/mol. The SMILES string of the molecule is CC(C)NC(=O)c1nc(C(=O)Nc2ccccc2OC(C)C)c2ccccn12. The lowest BCUT2D eigenvalue weighted by atomic mass is 10.2. The fraction of sp³-hybridized carbons (Fsp3) is 0.286. The molecule has 0 saturated heterocycles. The van der Waals surface area contributed by atoms with E-state index in [-0.39, 0.29) is 29.6 Å². The Kier molecular flexibility index (Phi) is 5.63. The highest BCUT2D eigenvalue weighted by atomic mass is 16.5. The van der Waals surface area contributed by atoms with Gasteiger partial charge in [0.2, 0.25) is 5.82 Å². The summed E-state index contributed by atoms with van der Waals surface area (Å²) in [5.41, 5.74) is 1.27. The number of ether oxygens (including phenoxy) is 1. The number of amides is 2. The van der Waals surface area contributed by atoms with Gasteiger partial charge in [-0.05, 0) is 52.0 Å². The second kappa shape index (κ2) is 8.12. The van der Waals surface area contributed by atoms with Crippen molar-refractivity contribution in [1.82, 2.24) is 14.7 Å². The Morgan fingerprint density at radius 1 is 1.00 bits per heavy atom. The normalized spacial score (nSPS) is 11.1. The maximum absolute atomic E-state index is 12.9. The molecule has 0 spiro atoms. The highest BCUT2D eigenvalue weighted by Gasteiger charge is 2.22. The molecule has 0 radical (unpaired) electrons. The molecule has 1 aromatic carbocycles. The summed E-state index contributed by atoms with van der Waals surface area (Å²) in [5, 5.41) is 5.66. The summed E-state index contributed by atoms with van der Waals surface area (Å²) in [5.74, 6) is -0.000742. The number of anilines is 1. The summed E-state index contributed by atoms with van der Waals surface area (Å²) < 4.78 is 7.37. The lowest BCUT2D eigenvalue weighted by Gasteiger charge is -2.14. The second-order valence-electron chi connectivity index (χ2n) is 6.98. The number of fused-ring (bicyclic) bond motifs is 1. The van der Waals surface area contributed by atoms with Crippen LogP contribution in [0, 0.1) is 0 Å². The third-order valence-electron chi connectivity index (χ3n) is 3.88. The zero-order valence-electron chi connectivity index (χ0n) is 16.4. The van der Waals surface area contributed by atoms with Gasteiger partial charge in [0, 0.05) is 12.2 Å². The number of rotatable bonds is 6. The van der Waals surface area contributed by atoms with Crippen molar-refractivity contribution in [2.45, 2.75) is 39.8 Å². The van der Waals surface area contributed by atoms with Gasteiger partial charge in [-0.1, -0.05) is 18.2 Å². The third-order valence-corrected chi connectivity index (χ3v) is 3.88. The minimum atomic E-state index is -0.410. The van der Waals surface area contributed by atoms with Crippen LogP contribution >= 0.6 is 0 Å². The molecule has 0 fully saturated rings. The Hall–Kier alpha value is -3.35. The first-order chi connectivity index (χ1) is 13.4. The first-order valence-electron chi connectivity index (χ1n) is 9.21. The third kappa shape index (κ3) is 4.14. The van der Waals surface area contributed by atoms with E-state index in [0.29, 0.717) is 17.0 Å². The number of hydrogen-bond acceptors (Lipinski definition) is 4. The summed E-state index contributed by atoms with van der Waals surface area (Å²) in [4.78, 5) is 29.8. The van der Waals surface area contributed by atoms with E-state index in [1.165, 1.54) is 0 Å². The van der Waals surface area contributed by atoms with Gasteiger partial charge in [0.25, 0.3) is 11.8 Å². The number of pyridine rings is 1. The van der Waals surface area contributed by atoms with Crippen LogP contribution in [0.3, 0.4) is 0 Å². The zero-order valence-corrected chi connectivity index (χ0v) is 16.4. The molecule has 28 heavy (non-hydrogen) atoms. The van der Waals surface area contributed by atoms with Gasteiger partial charge in [0.05, 0.1) is 17.3 Å². The predicted molar refractivity (Wildman–Crippen MR) is 108 cm³/mol. The lowest BCUT2D eigenvalue weighted by Crippen LogP contribution is -2.31. The Morgan fingerprint density at radius 3 is 2.43 bits per heavy atom. The number of para-hydroxylation sites is 2. The molecular weight excluding hydrogens is 356 g/mol. The molecule has 0 unspecified atom stereocenters. The van der Waals surface area contributed by atoms with Gasteiger partial charge in [0.1, 0.15) is 5.75 Å². The molecule has 3 aromatic rings. The van der Waals surface area contributed by atoms with Gasteiger partial charge in [-0.2, -0.15) is 0 Å². The smallest absolute Gasteiger partial charge is 0.287 e. The first-order valence-corrected chi connectivity index (χ1v) is 9.21. The number of carbonyl (C=O) groups is 2. The molecule has 0 aliphatic carbocycles. The van der Waals surface area contributed by atoms with E-state index in [4.69, 9.17) is 4.74 Å². The Balaban J connectivity index is 1.96. The van der Waals surface area contributed by atoms with E-state index < -0.39 is 5.91 Å². The number of hydrogen-bond donors (Lipinski definition) is 2. The number of imidazole rings is 1. The van der Waals surface area contributed by atoms with E-state index in [1.807, 2.05) is 39.8 Å². The molecule has 0 saturated carbocycles. The van der Waals surface area contributed by atoms with Crippen LogP contribution in [0.2, 0.25) is 0 Å².